The van der Waals surface area contributed by atoms with E-state index in [0.29, 0.717) is 34.4 Å². The molecule has 0 saturated carbocycles. The van der Waals surface area contributed by atoms with Crippen LogP contribution in [0.25, 0.3) is 37.7 Å². The van der Waals surface area contributed by atoms with Crippen LogP contribution in [-0.4, -0.2) is 39.3 Å². The van der Waals surface area contributed by atoms with Crippen LogP contribution in [0.15, 0.2) is 28.9 Å². The number of furan rings is 1. The van der Waals surface area contributed by atoms with E-state index in [9.17, 15) is 10.1 Å². The Morgan fingerprint density at radius 2 is 1.97 bits per heavy atom. The normalized spacial score (nSPS) is 11.9. The van der Waals surface area contributed by atoms with Gasteiger partial charge in [-0.05, 0) is 51.5 Å². The third kappa shape index (κ3) is 2.99. The summed E-state index contributed by atoms with van der Waals surface area (Å²) in [5.74, 6) is 1.52. The zero-order valence-corrected chi connectivity index (χ0v) is 19.5. The third-order valence-corrected chi connectivity index (χ3v) is 6.87. The van der Waals surface area contributed by atoms with Crippen molar-refractivity contribution in [2.75, 3.05) is 0 Å². The summed E-state index contributed by atoms with van der Waals surface area (Å²) in [4.78, 5) is 25.8. The first-order valence-electron chi connectivity index (χ1n) is 10.5. The monoisotopic (exact) mass is 474 g/mol. The number of hydrogen-bond acceptors (Lipinski definition) is 9. The molecular formula is C22H18N8O3S. The van der Waals surface area contributed by atoms with Gasteiger partial charge in [0.1, 0.15) is 33.0 Å². The lowest BCUT2D eigenvalue weighted by Gasteiger charge is -2.00. The van der Waals surface area contributed by atoms with E-state index in [1.165, 1.54) is 0 Å². The first-order valence-corrected chi connectivity index (χ1v) is 11.3. The maximum absolute atomic E-state index is 11.3. The topological polar surface area (TPSA) is 130 Å². The van der Waals surface area contributed by atoms with Crippen LogP contribution in [-0.2, 0) is 6.54 Å². The molecule has 0 aliphatic carbocycles. The predicted octanol–water partition coefficient (Wildman–Crippen LogP) is 4.53. The molecule has 0 amide bonds. The van der Waals surface area contributed by atoms with E-state index in [2.05, 4.69) is 33.2 Å². The van der Waals surface area contributed by atoms with Crippen molar-refractivity contribution in [3.8, 4) is 11.6 Å². The molecule has 34 heavy (non-hydrogen) atoms. The molecule has 0 aliphatic rings. The fourth-order valence-electron chi connectivity index (χ4n) is 4.31. The van der Waals surface area contributed by atoms with Gasteiger partial charge in [-0.1, -0.05) is 0 Å². The zero-order chi connectivity index (χ0) is 23.7. The number of fused-ring (bicyclic) bond motifs is 5. The second-order valence-electron chi connectivity index (χ2n) is 8.19. The quantitative estimate of drug-likeness (QED) is 0.269. The van der Waals surface area contributed by atoms with Gasteiger partial charge in [-0.25, -0.2) is 19.5 Å². The van der Waals surface area contributed by atoms with Gasteiger partial charge in [0.25, 0.3) is 0 Å². The van der Waals surface area contributed by atoms with Crippen LogP contribution in [0.5, 0.6) is 0 Å². The van der Waals surface area contributed by atoms with Crippen LogP contribution in [0.2, 0.25) is 0 Å². The maximum Gasteiger partial charge on any atom is 0.312 e. The van der Waals surface area contributed by atoms with Crippen LogP contribution in [0.1, 0.15) is 28.4 Å². The number of hydrogen-bond donors (Lipinski definition) is 0. The molecule has 12 heteroatoms. The molecule has 6 aromatic rings. The molecule has 0 unspecified atom stereocenters. The molecular weight excluding hydrogens is 456 g/mol. The van der Waals surface area contributed by atoms with Gasteiger partial charge < -0.3 is 4.42 Å². The summed E-state index contributed by atoms with van der Waals surface area (Å²) >= 11 is 1.55. The molecule has 6 heterocycles. The highest BCUT2D eigenvalue weighted by Gasteiger charge is 2.23. The van der Waals surface area contributed by atoms with E-state index in [0.717, 1.165) is 31.7 Å². The number of aromatic nitrogens is 7. The van der Waals surface area contributed by atoms with Crippen molar-refractivity contribution in [3.05, 3.63) is 63.0 Å². The Labute approximate surface area is 195 Å². The Kier molecular flexibility index (Phi) is 4.30. The smallest absolute Gasteiger partial charge is 0.312 e. The van der Waals surface area contributed by atoms with Crippen molar-refractivity contribution in [2.45, 2.75) is 34.2 Å². The van der Waals surface area contributed by atoms with E-state index in [1.54, 1.807) is 52.8 Å². The molecule has 0 spiro atoms. The summed E-state index contributed by atoms with van der Waals surface area (Å²) < 4.78 is 10.1. The number of aryl methyl sites for hydroxylation is 3. The van der Waals surface area contributed by atoms with Crippen LogP contribution >= 0.6 is 11.3 Å². The van der Waals surface area contributed by atoms with Gasteiger partial charge in [0, 0.05) is 11.1 Å². The summed E-state index contributed by atoms with van der Waals surface area (Å²) in [5.41, 5.74) is 4.51. The lowest BCUT2D eigenvalue weighted by molar-refractivity contribution is -0.386. The first kappa shape index (κ1) is 20.4. The molecule has 0 atom stereocenters. The molecule has 0 radical (unpaired) electrons. The van der Waals surface area contributed by atoms with Crippen LogP contribution in [0, 0.1) is 37.8 Å². The highest BCUT2D eigenvalue weighted by Crippen LogP contribution is 2.36. The van der Waals surface area contributed by atoms with Crippen molar-refractivity contribution in [3.63, 3.8) is 0 Å². The van der Waals surface area contributed by atoms with Crippen molar-refractivity contribution in [2.24, 2.45) is 0 Å². The van der Waals surface area contributed by atoms with Crippen molar-refractivity contribution >= 4 is 43.1 Å². The number of pyridine rings is 1. The zero-order valence-electron chi connectivity index (χ0n) is 18.7. The highest BCUT2D eigenvalue weighted by molar-refractivity contribution is 7.26. The molecule has 170 valence electrons. The molecule has 6 rings (SSSR count). The highest BCUT2D eigenvalue weighted by atomic mass is 32.1. The average Bonchev–Trinajstić information content (AvgIpc) is 3.51. The summed E-state index contributed by atoms with van der Waals surface area (Å²) in [6, 6.07) is 5.64. The molecule has 11 nitrogen and oxygen atoms in total. The molecule has 0 fully saturated rings. The molecule has 0 saturated heterocycles. The standard InChI is InChI=1S/C22H18N8O3S/c1-10-7-11(2)24-22-16(10)17-19(34-22)21-25-20(27-29(21)9-23-17)15-6-5-14(33-15)8-28-13(4)18(30(31)32)12(3)26-28/h5-7,9H,8H2,1-4H3. The van der Waals surface area contributed by atoms with Crippen molar-refractivity contribution in [1.82, 2.24) is 34.3 Å². The van der Waals surface area contributed by atoms with Gasteiger partial charge in [-0.3, -0.25) is 14.8 Å². The lowest BCUT2D eigenvalue weighted by atomic mass is 10.1. The Balaban J connectivity index is 1.40. The van der Waals surface area contributed by atoms with E-state index >= 15 is 0 Å². The third-order valence-electron chi connectivity index (χ3n) is 5.81. The van der Waals surface area contributed by atoms with Gasteiger partial charge in [0.15, 0.2) is 11.4 Å². The number of nitrogens with zero attached hydrogens (tertiary/aromatic N) is 8. The molecule has 0 aliphatic heterocycles. The van der Waals surface area contributed by atoms with E-state index in [1.807, 2.05) is 6.92 Å². The van der Waals surface area contributed by atoms with Gasteiger partial charge in [-0.2, -0.15) is 5.10 Å². The van der Waals surface area contributed by atoms with Crippen molar-refractivity contribution in [1.29, 1.82) is 0 Å². The van der Waals surface area contributed by atoms with Crippen LogP contribution < -0.4 is 0 Å². The fraction of sp³-hybridized carbons (Fsp3) is 0.227. The summed E-state index contributed by atoms with van der Waals surface area (Å²) in [6.07, 6.45) is 1.65. The number of rotatable bonds is 4. The van der Waals surface area contributed by atoms with E-state index in [4.69, 9.17) is 9.40 Å². The molecule has 0 aromatic carbocycles. The molecule has 0 bridgehead atoms. The predicted molar refractivity (Wildman–Crippen MR) is 126 cm³/mol. The molecule has 0 N–H and O–H groups in total. The van der Waals surface area contributed by atoms with E-state index in [-0.39, 0.29) is 12.2 Å². The number of thiophene rings is 1. The van der Waals surface area contributed by atoms with Crippen molar-refractivity contribution < 1.29 is 9.34 Å². The Hall–Kier alpha value is -4.19. The fourth-order valence-corrected chi connectivity index (χ4v) is 5.53. The second kappa shape index (κ2) is 7.15. The second-order valence-corrected chi connectivity index (χ2v) is 9.19. The maximum atomic E-state index is 11.3. The first-order chi connectivity index (χ1) is 16.3. The van der Waals surface area contributed by atoms with Crippen LogP contribution in [0.3, 0.4) is 0 Å². The summed E-state index contributed by atoms with van der Waals surface area (Å²) in [7, 11) is 0. The van der Waals surface area contributed by atoms with Gasteiger partial charge in [-0.15, -0.1) is 16.4 Å². The minimum absolute atomic E-state index is 0.0218. The van der Waals surface area contributed by atoms with Gasteiger partial charge in [0.05, 0.1) is 17.0 Å². The lowest BCUT2D eigenvalue weighted by Crippen LogP contribution is -2.03. The SMILES string of the molecule is Cc1cc(C)c2c(n1)sc1c2ncn2nc(-c3ccc(Cn4nc(C)c([N+](=O)[O-])c4C)o3)nc12. The summed E-state index contributed by atoms with van der Waals surface area (Å²) in [6.45, 7) is 7.60. The van der Waals surface area contributed by atoms with Crippen LogP contribution in [0.4, 0.5) is 5.69 Å². The summed E-state index contributed by atoms with van der Waals surface area (Å²) in [5, 5.41) is 21.1. The minimum atomic E-state index is -0.413. The minimum Gasteiger partial charge on any atom is -0.456 e. The average molecular weight is 475 g/mol. The largest absolute Gasteiger partial charge is 0.456 e. The number of nitro groups is 1. The molecule has 6 aromatic heterocycles. The van der Waals surface area contributed by atoms with E-state index < -0.39 is 4.92 Å². The Morgan fingerprint density at radius 1 is 1.15 bits per heavy atom. The van der Waals surface area contributed by atoms with Gasteiger partial charge in [0.2, 0.25) is 5.82 Å². The van der Waals surface area contributed by atoms with Gasteiger partial charge >= 0.3 is 5.69 Å². The Bertz CT molecular complexity index is 1770. The Morgan fingerprint density at radius 3 is 2.74 bits per heavy atom.